The first-order valence-electron chi connectivity index (χ1n) is 6.16. The van der Waals surface area contributed by atoms with Gasteiger partial charge in [-0.05, 0) is 24.3 Å². The summed E-state index contributed by atoms with van der Waals surface area (Å²) in [5, 5.41) is 19.1. The van der Waals surface area contributed by atoms with Crippen LogP contribution in [0.15, 0.2) is 24.3 Å². The molecule has 1 aromatic rings. The van der Waals surface area contributed by atoms with Gasteiger partial charge in [0, 0.05) is 19.3 Å². The first-order chi connectivity index (χ1) is 10.0. The Hall–Kier alpha value is -1.32. The molecule has 1 saturated heterocycles. The maximum absolute atomic E-state index is 12.8. The van der Waals surface area contributed by atoms with Crippen molar-refractivity contribution >= 4 is 17.5 Å². The van der Waals surface area contributed by atoms with E-state index in [0.717, 1.165) is 0 Å². The van der Waals surface area contributed by atoms with Crippen LogP contribution in [-0.4, -0.2) is 53.8 Å². The summed E-state index contributed by atoms with van der Waals surface area (Å²) < 4.78 is 33.4. The van der Waals surface area contributed by atoms with E-state index in [2.05, 4.69) is 0 Å². The Labute approximate surface area is 126 Å². The molecule has 8 heteroatoms. The number of hydrogen-bond donors (Lipinski definition) is 2. The fraction of sp³-hybridized carbons (Fsp3) is 0.462. The van der Waals surface area contributed by atoms with Gasteiger partial charge in [-0.1, -0.05) is 0 Å². The van der Waals surface area contributed by atoms with Gasteiger partial charge in [-0.15, -0.1) is 0 Å². The molecule has 0 saturated carbocycles. The molecule has 4 atom stereocenters. The second kappa shape index (κ2) is 7.10. The summed E-state index contributed by atoms with van der Waals surface area (Å²) in [5.41, 5.74) is 0. The van der Waals surface area contributed by atoms with Crippen LogP contribution in [0, 0.1) is 5.82 Å². The van der Waals surface area contributed by atoms with Crippen molar-refractivity contribution in [1.82, 2.24) is 0 Å². The molecule has 0 radical (unpaired) electrons. The SMILES string of the molecule is CO[C@H]1OC[C@@H](O)[C@H](O)[C@H]1OC(=S)Oc1ccc(F)cc1. The summed E-state index contributed by atoms with van der Waals surface area (Å²) in [4.78, 5) is 0. The van der Waals surface area contributed by atoms with E-state index in [0.29, 0.717) is 0 Å². The quantitative estimate of drug-likeness (QED) is 0.790. The number of halogens is 1. The van der Waals surface area contributed by atoms with Gasteiger partial charge in [-0.25, -0.2) is 4.39 Å². The fourth-order valence-corrected chi connectivity index (χ4v) is 2.04. The number of aliphatic hydroxyl groups is 2. The van der Waals surface area contributed by atoms with E-state index in [4.69, 9.17) is 31.2 Å². The van der Waals surface area contributed by atoms with Gasteiger partial charge >= 0.3 is 5.24 Å². The van der Waals surface area contributed by atoms with E-state index < -0.39 is 30.4 Å². The third-order valence-corrected chi connectivity index (χ3v) is 3.09. The summed E-state index contributed by atoms with van der Waals surface area (Å²) in [5.74, 6) is -0.130. The topological polar surface area (TPSA) is 77.4 Å². The van der Waals surface area contributed by atoms with Gasteiger partial charge in [0.25, 0.3) is 0 Å². The molecule has 2 rings (SSSR count). The molecule has 0 bridgehead atoms. The summed E-state index contributed by atoms with van der Waals surface area (Å²) in [6.45, 7) is -0.0783. The van der Waals surface area contributed by atoms with Crippen LogP contribution in [0.25, 0.3) is 0 Å². The molecule has 6 nitrogen and oxygen atoms in total. The Bertz CT molecular complexity index is 480. The van der Waals surface area contributed by atoms with E-state index in [9.17, 15) is 14.6 Å². The summed E-state index contributed by atoms with van der Waals surface area (Å²) >= 11 is 4.90. The predicted molar refractivity (Wildman–Crippen MR) is 73.3 cm³/mol. The van der Waals surface area contributed by atoms with Crippen molar-refractivity contribution in [3.05, 3.63) is 30.1 Å². The highest BCUT2D eigenvalue weighted by Crippen LogP contribution is 2.21. The van der Waals surface area contributed by atoms with Gasteiger partial charge in [0.05, 0.1) is 6.61 Å². The highest BCUT2D eigenvalue weighted by molar-refractivity contribution is 7.79. The number of hydrogen-bond acceptors (Lipinski definition) is 7. The second-order valence-electron chi connectivity index (χ2n) is 4.38. The zero-order chi connectivity index (χ0) is 15.4. The number of benzene rings is 1. The molecule has 116 valence electrons. The first-order valence-corrected chi connectivity index (χ1v) is 6.56. The van der Waals surface area contributed by atoms with Gasteiger partial charge < -0.3 is 29.2 Å². The highest BCUT2D eigenvalue weighted by atomic mass is 32.1. The number of ether oxygens (including phenoxy) is 4. The zero-order valence-electron chi connectivity index (χ0n) is 11.1. The number of methoxy groups -OCH3 is 1. The lowest BCUT2D eigenvalue weighted by Gasteiger charge is -2.36. The Morgan fingerprint density at radius 2 is 2.00 bits per heavy atom. The van der Waals surface area contributed by atoms with Crippen molar-refractivity contribution in [2.45, 2.75) is 24.6 Å². The molecule has 0 spiro atoms. The lowest BCUT2D eigenvalue weighted by atomic mass is 10.1. The van der Waals surface area contributed by atoms with Crippen LogP contribution in [0.1, 0.15) is 0 Å². The first kappa shape index (κ1) is 16.1. The van der Waals surface area contributed by atoms with E-state index in [1.54, 1.807) is 0 Å². The molecule has 1 heterocycles. The van der Waals surface area contributed by atoms with E-state index in [-0.39, 0.29) is 17.6 Å². The lowest BCUT2D eigenvalue weighted by molar-refractivity contribution is -0.259. The molecule has 0 unspecified atom stereocenters. The van der Waals surface area contributed by atoms with Crippen molar-refractivity contribution in [1.29, 1.82) is 0 Å². The molecule has 21 heavy (non-hydrogen) atoms. The highest BCUT2D eigenvalue weighted by Gasteiger charge is 2.41. The van der Waals surface area contributed by atoms with E-state index in [1.807, 2.05) is 0 Å². The van der Waals surface area contributed by atoms with Crippen molar-refractivity contribution in [3.63, 3.8) is 0 Å². The van der Waals surface area contributed by atoms with Crippen LogP contribution >= 0.6 is 12.2 Å². The van der Waals surface area contributed by atoms with Crippen molar-refractivity contribution in [2.24, 2.45) is 0 Å². The average Bonchev–Trinajstić information content (AvgIpc) is 2.47. The van der Waals surface area contributed by atoms with E-state index >= 15 is 0 Å². The molecule has 0 aromatic heterocycles. The molecular weight excluding hydrogens is 303 g/mol. The van der Waals surface area contributed by atoms with Crippen LogP contribution in [0.4, 0.5) is 4.39 Å². The Morgan fingerprint density at radius 3 is 2.62 bits per heavy atom. The average molecular weight is 318 g/mol. The largest absolute Gasteiger partial charge is 0.445 e. The Balaban J connectivity index is 1.97. The van der Waals surface area contributed by atoms with Crippen LogP contribution in [-0.2, 0) is 14.2 Å². The van der Waals surface area contributed by atoms with Crippen LogP contribution < -0.4 is 4.74 Å². The van der Waals surface area contributed by atoms with Crippen LogP contribution in [0.3, 0.4) is 0 Å². The van der Waals surface area contributed by atoms with Crippen LogP contribution in [0.2, 0.25) is 0 Å². The summed E-state index contributed by atoms with van der Waals surface area (Å²) in [6, 6.07) is 5.17. The molecule has 2 N–H and O–H groups in total. The third-order valence-electron chi connectivity index (χ3n) is 2.91. The summed E-state index contributed by atoms with van der Waals surface area (Å²) in [6.07, 6.45) is -4.28. The minimum Gasteiger partial charge on any atom is -0.445 e. The van der Waals surface area contributed by atoms with Crippen molar-refractivity contribution in [3.8, 4) is 5.75 Å². The summed E-state index contributed by atoms with van der Waals surface area (Å²) in [7, 11) is 1.37. The maximum atomic E-state index is 12.8. The Kier molecular flexibility index (Phi) is 5.43. The fourth-order valence-electron chi connectivity index (χ4n) is 1.83. The zero-order valence-corrected chi connectivity index (χ0v) is 12.0. The molecule has 1 aliphatic rings. The Morgan fingerprint density at radius 1 is 1.33 bits per heavy atom. The minimum absolute atomic E-state index is 0.0783. The van der Waals surface area contributed by atoms with Gasteiger partial charge in [0.1, 0.15) is 23.8 Å². The number of thiocarbonyl (C=S) groups is 1. The van der Waals surface area contributed by atoms with Gasteiger partial charge in [0.2, 0.25) is 0 Å². The molecule has 1 aromatic carbocycles. The van der Waals surface area contributed by atoms with Gasteiger partial charge in [0.15, 0.2) is 12.4 Å². The van der Waals surface area contributed by atoms with Gasteiger partial charge in [-0.3, -0.25) is 0 Å². The molecule has 0 aliphatic carbocycles. The van der Waals surface area contributed by atoms with Crippen LogP contribution in [0.5, 0.6) is 5.75 Å². The van der Waals surface area contributed by atoms with Crippen molar-refractivity contribution in [2.75, 3.05) is 13.7 Å². The van der Waals surface area contributed by atoms with Gasteiger partial charge in [-0.2, -0.15) is 0 Å². The third kappa shape index (κ3) is 4.08. The lowest BCUT2D eigenvalue weighted by Crippen LogP contribution is -2.55. The van der Waals surface area contributed by atoms with E-state index in [1.165, 1.54) is 31.4 Å². The number of rotatable bonds is 3. The smallest absolute Gasteiger partial charge is 0.358 e. The van der Waals surface area contributed by atoms with Crippen molar-refractivity contribution < 1.29 is 33.6 Å². The predicted octanol–water partition coefficient (Wildman–Crippen LogP) is 0.599. The monoisotopic (exact) mass is 318 g/mol. The molecule has 1 fully saturated rings. The number of aliphatic hydroxyl groups excluding tert-OH is 2. The standard InChI is InChI=1S/C13H15FO6S/c1-17-12-11(10(16)9(15)6-18-12)20-13(21)19-8-4-2-7(14)3-5-8/h2-5,9-12,15-16H,6H2,1H3/t9-,10+,11-,12+/m1/s1. The molecule has 1 aliphatic heterocycles. The normalized spacial score (nSPS) is 29.0. The molecule has 0 amide bonds. The maximum Gasteiger partial charge on any atom is 0.358 e. The molecular formula is C13H15FO6S. The second-order valence-corrected chi connectivity index (χ2v) is 4.72. The minimum atomic E-state index is -1.24.